The van der Waals surface area contributed by atoms with Crippen molar-refractivity contribution in [2.75, 3.05) is 20.2 Å². The third kappa shape index (κ3) is 3.95. The molecule has 0 unspecified atom stereocenters. The molecular weight excluding hydrogens is 400 g/mol. The Labute approximate surface area is 191 Å². The first-order valence-corrected chi connectivity index (χ1v) is 12.4. The summed E-state index contributed by atoms with van der Waals surface area (Å²) in [6, 6.07) is 7.55. The molecule has 1 atom stereocenters. The average Bonchev–Trinajstić information content (AvgIpc) is 3.26. The first-order chi connectivity index (χ1) is 15.5. The molecule has 4 aliphatic carbocycles. The van der Waals surface area contributed by atoms with E-state index in [2.05, 4.69) is 6.58 Å². The first kappa shape index (κ1) is 21.5. The van der Waals surface area contributed by atoms with Gasteiger partial charge in [-0.3, -0.25) is 9.59 Å². The van der Waals surface area contributed by atoms with Gasteiger partial charge in [0, 0.05) is 20.1 Å². The summed E-state index contributed by atoms with van der Waals surface area (Å²) in [5.74, 6) is 3.39. The molecule has 32 heavy (non-hydrogen) atoms. The second-order valence-electron chi connectivity index (χ2n) is 10.8. The highest BCUT2D eigenvalue weighted by atomic mass is 16.5. The van der Waals surface area contributed by atoms with Gasteiger partial charge in [-0.15, -0.1) is 0 Å². The van der Waals surface area contributed by atoms with Crippen LogP contribution in [0.5, 0.6) is 5.75 Å². The summed E-state index contributed by atoms with van der Waals surface area (Å²) in [5, 5.41) is 0. The van der Waals surface area contributed by atoms with Gasteiger partial charge < -0.3 is 14.5 Å². The standard InChI is InChI=1S/C27H36N2O3/c1-3-11-32-23-8-6-19(7-9-23)18-28(2)25(30)24-5-4-10-29(24)26(31)27-15-20-12-21(16-27)14-22(13-20)17-27/h3,6-9,20-22,24H,1,4-5,10-18H2,2H3/t20?,21?,22?,24-,27?/m1/s1. The highest BCUT2D eigenvalue weighted by Crippen LogP contribution is 2.60. The maximum Gasteiger partial charge on any atom is 0.245 e. The van der Waals surface area contributed by atoms with E-state index in [-0.39, 0.29) is 17.4 Å². The molecule has 172 valence electrons. The Kier molecular flexibility index (Phi) is 5.77. The number of hydrogen-bond acceptors (Lipinski definition) is 3. The Morgan fingerprint density at radius 2 is 1.75 bits per heavy atom. The van der Waals surface area contributed by atoms with Crippen molar-refractivity contribution < 1.29 is 14.3 Å². The number of likely N-dealkylation sites (tertiary alicyclic amines) is 1. The van der Waals surface area contributed by atoms with E-state index in [0.29, 0.717) is 19.1 Å². The van der Waals surface area contributed by atoms with Gasteiger partial charge in [0.2, 0.25) is 11.8 Å². The molecule has 5 heteroatoms. The Hall–Kier alpha value is -2.30. The predicted molar refractivity (Wildman–Crippen MR) is 124 cm³/mol. The SMILES string of the molecule is C=CCOc1ccc(CN(C)C(=O)[C@H]2CCCN2C(=O)C23CC4CC(CC(C4)C2)C3)cc1. The lowest BCUT2D eigenvalue weighted by molar-refractivity contribution is -0.161. The van der Waals surface area contributed by atoms with Gasteiger partial charge in [-0.1, -0.05) is 24.8 Å². The van der Waals surface area contributed by atoms with Crippen LogP contribution in [0, 0.1) is 23.2 Å². The molecule has 4 saturated carbocycles. The summed E-state index contributed by atoms with van der Waals surface area (Å²) in [4.78, 5) is 31.0. The number of amides is 2. The third-order valence-electron chi connectivity index (χ3n) is 8.38. The molecule has 0 aromatic heterocycles. The zero-order valence-corrected chi connectivity index (χ0v) is 19.3. The van der Waals surface area contributed by atoms with Gasteiger partial charge in [-0.25, -0.2) is 0 Å². The molecule has 5 fully saturated rings. The Balaban J connectivity index is 1.24. The van der Waals surface area contributed by atoms with Crippen molar-refractivity contribution in [3.63, 3.8) is 0 Å². The lowest BCUT2D eigenvalue weighted by Gasteiger charge is -2.56. The molecule has 1 aliphatic heterocycles. The van der Waals surface area contributed by atoms with E-state index in [9.17, 15) is 9.59 Å². The Morgan fingerprint density at radius 3 is 2.34 bits per heavy atom. The van der Waals surface area contributed by atoms with Crippen LogP contribution in [-0.4, -0.2) is 47.9 Å². The lowest BCUT2D eigenvalue weighted by atomic mass is 9.49. The van der Waals surface area contributed by atoms with E-state index in [0.717, 1.165) is 67.7 Å². The van der Waals surface area contributed by atoms with E-state index in [1.807, 2.05) is 36.2 Å². The minimum Gasteiger partial charge on any atom is -0.490 e. The zero-order valence-electron chi connectivity index (χ0n) is 19.3. The van der Waals surface area contributed by atoms with Crippen molar-refractivity contribution in [3.8, 4) is 5.75 Å². The van der Waals surface area contributed by atoms with Crippen LogP contribution >= 0.6 is 0 Å². The number of nitrogens with zero attached hydrogens (tertiary/aromatic N) is 2. The van der Waals surface area contributed by atoms with Crippen LogP contribution in [0.25, 0.3) is 0 Å². The largest absolute Gasteiger partial charge is 0.490 e. The summed E-state index contributed by atoms with van der Waals surface area (Å²) >= 11 is 0. The van der Waals surface area contributed by atoms with E-state index in [4.69, 9.17) is 4.74 Å². The summed E-state index contributed by atoms with van der Waals surface area (Å²) in [7, 11) is 1.86. The van der Waals surface area contributed by atoms with Crippen molar-refractivity contribution in [2.45, 2.75) is 64.0 Å². The molecule has 0 spiro atoms. The van der Waals surface area contributed by atoms with Crippen molar-refractivity contribution in [1.29, 1.82) is 0 Å². The molecule has 2 amide bonds. The second-order valence-corrected chi connectivity index (χ2v) is 10.8. The smallest absolute Gasteiger partial charge is 0.245 e. The van der Waals surface area contributed by atoms with Crippen LogP contribution in [0.15, 0.2) is 36.9 Å². The molecule has 1 aromatic rings. The predicted octanol–water partition coefficient (Wildman–Crippen LogP) is 4.42. The van der Waals surface area contributed by atoms with Crippen LogP contribution < -0.4 is 4.74 Å². The van der Waals surface area contributed by atoms with Crippen LogP contribution in [0.1, 0.15) is 56.9 Å². The highest BCUT2D eigenvalue weighted by Gasteiger charge is 2.56. The minimum atomic E-state index is -0.296. The zero-order chi connectivity index (χ0) is 22.3. The van der Waals surface area contributed by atoms with Crippen LogP contribution in [0.3, 0.4) is 0 Å². The number of rotatable bonds is 7. The molecule has 6 rings (SSSR count). The molecule has 4 bridgehead atoms. The van der Waals surface area contributed by atoms with Crippen molar-refractivity contribution in [3.05, 3.63) is 42.5 Å². The van der Waals surface area contributed by atoms with Gasteiger partial charge in [0.1, 0.15) is 18.4 Å². The molecule has 1 aromatic carbocycles. The van der Waals surface area contributed by atoms with Gasteiger partial charge in [0.25, 0.3) is 0 Å². The number of carbonyl (C=O) groups excluding carboxylic acids is 2. The number of carbonyl (C=O) groups is 2. The number of likely N-dealkylation sites (N-methyl/N-ethyl adjacent to an activating group) is 1. The van der Waals surface area contributed by atoms with Crippen molar-refractivity contribution >= 4 is 11.8 Å². The fraction of sp³-hybridized carbons (Fsp3) is 0.630. The molecular formula is C27H36N2O3. The topological polar surface area (TPSA) is 49.9 Å². The molecule has 5 aliphatic rings. The van der Waals surface area contributed by atoms with Gasteiger partial charge in [0.05, 0.1) is 5.41 Å². The molecule has 5 nitrogen and oxygen atoms in total. The number of benzene rings is 1. The van der Waals surface area contributed by atoms with Gasteiger partial charge in [0.15, 0.2) is 0 Å². The minimum absolute atomic E-state index is 0.0764. The summed E-state index contributed by atoms with van der Waals surface area (Å²) in [6.45, 7) is 5.42. The van der Waals surface area contributed by atoms with Gasteiger partial charge in [-0.2, -0.15) is 0 Å². The summed E-state index contributed by atoms with van der Waals surface area (Å²) in [5.41, 5.74) is 0.890. The van der Waals surface area contributed by atoms with Crippen LogP contribution in [0.2, 0.25) is 0 Å². The lowest BCUT2D eigenvalue weighted by Crippen LogP contribution is -2.57. The summed E-state index contributed by atoms with van der Waals surface area (Å²) in [6.07, 6.45) is 10.6. The van der Waals surface area contributed by atoms with Crippen LogP contribution in [0.4, 0.5) is 0 Å². The quantitative estimate of drug-likeness (QED) is 0.595. The van der Waals surface area contributed by atoms with Gasteiger partial charge in [-0.05, 0) is 86.8 Å². The third-order valence-corrected chi connectivity index (χ3v) is 8.38. The van der Waals surface area contributed by atoms with Crippen LogP contribution in [-0.2, 0) is 16.1 Å². The fourth-order valence-corrected chi connectivity index (χ4v) is 7.40. The molecule has 1 saturated heterocycles. The maximum atomic E-state index is 13.9. The van der Waals surface area contributed by atoms with Crippen molar-refractivity contribution in [2.24, 2.45) is 23.2 Å². The van der Waals surface area contributed by atoms with E-state index in [1.165, 1.54) is 19.3 Å². The fourth-order valence-electron chi connectivity index (χ4n) is 7.40. The maximum absolute atomic E-state index is 13.9. The van der Waals surface area contributed by atoms with E-state index < -0.39 is 0 Å². The first-order valence-electron chi connectivity index (χ1n) is 12.4. The van der Waals surface area contributed by atoms with Gasteiger partial charge >= 0.3 is 0 Å². The monoisotopic (exact) mass is 436 g/mol. The normalized spacial score (nSPS) is 32.7. The average molecular weight is 437 g/mol. The Bertz CT molecular complexity index is 842. The number of hydrogen-bond donors (Lipinski definition) is 0. The van der Waals surface area contributed by atoms with E-state index in [1.54, 1.807) is 11.0 Å². The van der Waals surface area contributed by atoms with E-state index >= 15 is 0 Å². The molecule has 1 heterocycles. The highest BCUT2D eigenvalue weighted by molar-refractivity contribution is 5.91. The second kappa shape index (κ2) is 8.57. The number of ether oxygens (including phenoxy) is 1. The molecule has 0 radical (unpaired) electrons. The Morgan fingerprint density at radius 1 is 1.12 bits per heavy atom. The summed E-state index contributed by atoms with van der Waals surface area (Å²) < 4.78 is 5.54. The molecule has 0 N–H and O–H groups in total. The van der Waals surface area contributed by atoms with Crippen molar-refractivity contribution in [1.82, 2.24) is 9.80 Å².